The summed E-state index contributed by atoms with van der Waals surface area (Å²) in [4.78, 5) is 24.0. The number of carbonyl (C=O) groups excluding carboxylic acids is 2. The third-order valence-corrected chi connectivity index (χ3v) is 3.57. The Balaban J connectivity index is 2.85. The van der Waals surface area contributed by atoms with Crippen molar-refractivity contribution < 1.29 is 19.1 Å². The van der Waals surface area contributed by atoms with Gasteiger partial charge in [0.2, 0.25) is 0 Å². The van der Waals surface area contributed by atoms with Gasteiger partial charge in [-0.3, -0.25) is 9.59 Å². The van der Waals surface area contributed by atoms with Crippen LogP contribution in [0, 0.1) is 5.41 Å². The van der Waals surface area contributed by atoms with Gasteiger partial charge in [-0.15, -0.1) is 0 Å². The van der Waals surface area contributed by atoms with Crippen LogP contribution in [0.4, 0.5) is 0 Å². The fraction of sp³-hybridized carbons (Fsp3) is 0.818. The smallest absolute Gasteiger partial charge is 0.323 e. The summed E-state index contributed by atoms with van der Waals surface area (Å²) in [6, 6.07) is 0. The number of ether oxygens (including phenoxy) is 2. The summed E-state index contributed by atoms with van der Waals surface area (Å²) in [5, 5.41) is 0. The van der Waals surface area contributed by atoms with Crippen molar-refractivity contribution in [2.24, 2.45) is 5.41 Å². The van der Waals surface area contributed by atoms with Gasteiger partial charge in [0.15, 0.2) is 5.41 Å². The molecule has 1 rings (SSSR count). The van der Waals surface area contributed by atoms with Crippen molar-refractivity contribution in [3.8, 4) is 0 Å². The molecular formula is C11H17BrO4. The molecule has 1 aliphatic carbocycles. The van der Waals surface area contributed by atoms with Gasteiger partial charge in [-0.05, 0) is 33.1 Å². The normalized spacial score (nSPS) is 22.8. The first-order valence-corrected chi connectivity index (χ1v) is 6.47. The topological polar surface area (TPSA) is 52.6 Å². The molecule has 0 bridgehead atoms. The predicted octanol–water partition coefficient (Wildman–Crippen LogP) is 2.05. The Morgan fingerprint density at radius 1 is 1.25 bits per heavy atom. The van der Waals surface area contributed by atoms with Crippen molar-refractivity contribution in [3.05, 3.63) is 0 Å². The highest BCUT2D eigenvalue weighted by Crippen LogP contribution is 2.43. The molecule has 0 saturated heterocycles. The van der Waals surface area contributed by atoms with Crippen LogP contribution in [-0.2, 0) is 19.1 Å². The highest BCUT2D eigenvalue weighted by Gasteiger charge is 2.53. The van der Waals surface area contributed by atoms with E-state index in [9.17, 15) is 9.59 Å². The maximum atomic E-state index is 11.9. The van der Waals surface area contributed by atoms with Gasteiger partial charge in [-0.25, -0.2) is 0 Å². The Hall–Kier alpha value is -0.580. The quantitative estimate of drug-likeness (QED) is 0.452. The number of halogens is 1. The van der Waals surface area contributed by atoms with Crippen LogP contribution in [0.5, 0.6) is 0 Å². The molecule has 92 valence electrons. The Morgan fingerprint density at radius 3 is 2.06 bits per heavy atom. The van der Waals surface area contributed by atoms with Crippen LogP contribution in [0.2, 0.25) is 0 Å². The summed E-state index contributed by atoms with van der Waals surface area (Å²) in [7, 11) is 0. The average Bonchev–Trinajstić information content (AvgIpc) is 2.63. The molecule has 0 aromatic carbocycles. The Bertz CT molecular complexity index is 259. The van der Waals surface area contributed by atoms with E-state index in [2.05, 4.69) is 15.9 Å². The fourth-order valence-corrected chi connectivity index (χ4v) is 2.76. The molecule has 0 aromatic heterocycles. The molecule has 1 aliphatic rings. The predicted molar refractivity (Wildman–Crippen MR) is 62.3 cm³/mol. The van der Waals surface area contributed by atoms with Crippen LogP contribution < -0.4 is 0 Å². The van der Waals surface area contributed by atoms with Crippen molar-refractivity contribution in [3.63, 3.8) is 0 Å². The first-order chi connectivity index (χ1) is 7.56. The minimum absolute atomic E-state index is 0.182. The SMILES string of the molecule is CCOC(=O)C1(C(=O)OCC)CCC(Br)C1. The van der Waals surface area contributed by atoms with Crippen molar-refractivity contribution in [1.29, 1.82) is 0 Å². The van der Waals surface area contributed by atoms with Gasteiger partial charge in [0.05, 0.1) is 13.2 Å². The molecule has 0 aromatic rings. The van der Waals surface area contributed by atoms with Gasteiger partial charge in [0, 0.05) is 4.83 Å². The molecule has 1 fully saturated rings. The summed E-state index contributed by atoms with van der Waals surface area (Å²) >= 11 is 3.44. The number of alkyl halides is 1. The molecule has 16 heavy (non-hydrogen) atoms. The molecule has 0 amide bonds. The average molecular weight is 293 g/mol. The third-order valence-electron chi connectivity index (χ3n) is 2.79. The maximum absolute atomic E-state index is 11.9. The minimum atomic E-state index is -1.08. The lowest BCUT2D eigenvalue weighted by Gasteiger charge is -2.23. The zero-order valence-corrected chi connectivity index (χ0v) is 11.2. The molecule has 1 saturated carbocycles. The standard InChI is InChI=1S/C11H17BrO4/c1-3-15-9(13)11(10(14)16-4-2)6-5-8(12)7-11/h8H,3-7H2,1-2H3. The summed E-state index contributed by atoms with van der Waals surface area (Å²) in [5.74, 6) is -0.897. The zero-order valence-electron chi connectivity index (χ0n) is 9.62. The van der Waals surface area contributed by atoms with E-state index in [4.69, 9.17) is 9.47 Å². The first-order valence-electron chi connectivity index (χ1n) is 5.55. The van der Waals surface area contributed by atoms with E-state index in [1.54, 1.807) is 13.8 Å². The molecule has 1 unspecified atom stereocenters. The first kappa shape index (κ1) is 13.5. The van der Waals surface area contributed by atoms with Gasteiger partial charge in [0.25, 0.3) is 0 Å². The molecule has 0 aliphatic heterocycles. The van der Waals surface area contributed by atoms with Gasteiger partial charge < -0.3 is 9.47 Å². The van der Waals surface area contributed by atoms with Gasteiger partial charge >= 0.3 is 11.9 Å². The van der Waals surface area contributed by atoms with Crippen LogP contribution in [0.1, 0.15) is 33.1 Å². The number of hydrogen-bond donors (Lipinski definition) is 0. The van der Waals surface area contributed by atoms with Gasteiger partial charge in [-0.2, -0.15) is 0 Å². The largest absolute Gasteiger partial charge is 0.465 e. The van der Waals surface area contributed by atoms with Crippen molar-refractivity contribution in [1.82, 2.24) is 0 Å². The van der Waals surface area contributed by atoms with Crippen molar-refractivity contribution in [2.45, 2.75) is 37.9 Å². The van der Waals surface area contributed by atoms with E-state index in [0.717, 1.165) is 6.42 Å². The molecule has 0 radical (unpaired) electrons. The molecule has 5 heteroatoms. The second-order valence-electron chi connectivity index (χ2n) is 3.86. The highest BCUT2D eigenvalue weighted by molar-refractivity contribution is 9.09. The van der Waals surface area contributed by atoms with Gasteiger partial charge in [0.1, 0.15) is 0 Å². The number of hydrogen-bond acceptors (Lipinski definition) is 4. The third kappa shape index (κ3) is 2.56. The van der Waals surface area contributed by atoms with E-state index in [0.29, 0.717) is 12.8 Å². The molecule has 1 atom stereocenters. The van der Waals surface area contributed by atoms with Crippen LogP contribution in [0.15, 0.2) is 0 Å². The van der Waals surface area contributed by atoms with E-state index in [1.807, 2.05) is 0 Å². The van der Waals surface area contributed by atoms with E-state index >= 15 is 0 Å². The van der Waals surface area contributed by atoms with Crippen LogP contribution in [0.25, 0.3) is 0 Å². The second-order valence-corrected chi connectivity index (χ2v) is 5.16. The van der Waals surface area contributed by atoms with E-state index < -0.39 is 17.4 Å². The molecule has 0 spiro atoms. The van der Waals surface area contributed by atoms with Crippen molar-refractivity contribution in [2.75, 3.05) is 13.2 Å². The lowest BCUT2D eigenvalue weighted by Crippen LogP contribution is -2.40. The minimum Gasteiger partial charge on any atom is -0.465 e. The van der Waals surface area contributed by atoms with Crippen LogP contribution in [-0.4, -0.2) is 30.0 Å². The number of carbonyl (C=O) groups is 2. The lowest BCUT2D eigenvalue weighted by molar-refractivity contribution is -0.171. The number of esters is 2. The zero-order chi connectivity index (χ0) is 12.2. The monoisotopic (exact) mass is 292 g/mol. The molecule has 4 nitrogen and oxygen atoms in total. The second kappa shape index (κ2) is 5.66. The molecule has 0 N–H and O–H groups in total. The van der Waals surface area contributed by atoms with E-state index in [1.165, 1.54) is 0 Å². The van der Waals surface area contributed by atoms with E-state index in [-0.39, 0.29) is 18.0 Å². The Morgan fingerprint density at radius 2 is 1.75 bits per heavy atom. The Kier molecular flexibility index (Phi) is 4.77. The maximum Gasteiger partial charge on any atom is 0.323 e. The van der Waals surface area contributed by atoms with Crippen molar-refractivity contribution >= 4 is 27.9 Å². The Labute approximate surface area is 104 Å². The van der Waals surface area contributed by atoms with Gasteiger partial charge in [-0.1, -0.05) is 15.9 Å². The highest BCUT2D eigenvalue weighted by atomic mass is 79.9. The van der Waals surface area contributed by atoms with Crippen LogP contribution >= 0.6 is 15.9 Å². The molecular weight excluding hydrogens is 276 g/mol. The van der Waals surface area contributed by atoms with Crippen LogP contribution in [0.3, 0.4) is 0 Å². The summed E-state index contributed by atoms with van der Waals surface area (Å²) < 4.78 is 9.97. The summed E-state index contributed by atoms with van der Waals surface area (Å²) in [5.41, 5.74) is -1.08. The lowest BCUT2D eigenvalue weighted by atomic mass is 9.86. The summed E-state index contributed by atoms with van der Waals surface area (Å²) in [6.45, 7) is 4.04. The molecule has 0 heterocycles. The summed E-state index contributed by atoms with van der Waals surface area (Å²) in [6.07, 6.45) is 1.75. The number of rotatable bonds is 4. The fourth-order valence-electron chi connectivity index (χ4n) is 1.98.